The first kappa shape index (κ1) is 17.8. The molecule has 0 bridgehead atoms. The fourth-order valence-corrected chi connectivity index (χ4v) is 3.07. The van der Waals surface area contributed by atoms with Gasteiger partial charge in [-0.2, -0.15) is 0 Å². The summed E-state index contributed by atoms with van der Waals surface area (Å²) in [5.74, 6) is -0.312. The third-order valence-electron chi connectivity index (χ3n) is 4.33. The highest BCUT2D eigenvalue weighted by molar-refractivity contribution is 5.81. The van der Waals surface area contributed by atoms with Crippen molar-refractivity contribution in [2.24, 2.45) is 11.7 Å². The molecule has 128 valence electrons. The van der Waals surface area contributed by atoms with Crippen LogP contribution in [0.15, 0.2) is 24.3 Å². The lowest BCUT2D eigenvalue weighted by Gasteiger charge is -2.33. The highest BCUT2D eigenvalue weighted by atomic mass is 19.1. The average molecular weight is 323 g/mol. The van der Waals surface area contributed by atoms with E-state index in [0.717, 1.165) is 25.9 Å². The molecule has 1 aromatic carbocycles. The first-order valence-corrected chi connectivity index (χ1v) is 8.14. The van der Waals surface area contributed by atoms with Crippen molar-refractivity contribution in [1.82, 2.24) is 10.2 Å². The van der Waals surface area contributed by atoms with Crippen molar-refractivity contribution >= 4 is 5.91 Å². The number of β-amino-alcohol motifs (C(OH)–C–C–N with tert-alkyl or cyclic N) is 1. The summed E-state index contributed by atoms with van der Waals surface area (Å²) in [5.41, 5.74) is 6.15. The van der Waals surface area contributed by atoms with E-state index in [2.05, 4.69) is 10.2 Å². The summed E-state index contributed by atoms with van der Waals surface area (Å²) in [4.78, 5) is 13.9. The number of halogens is 1. The quantitative estimate of drug-likeness (QED) is 0.700. The lowest BCUT2D eigenvalue weighted by atomic mass is 9.95. The van der Waals surface area contributed by atoms with E-state index in [1.165, 1.54) is 12.1 Å². The van der Waals surface area contributed by atoms with Gasteiger partial charge in [0.1, 0.15) is 11.9 Å². The molecule has 4 N–H and O–H groups in total. The Hall–Kier alpha value is -1.50. The molecule has 0 spiro atoms. The molecule has 0 radical (unpaired) electrons. The molecular weight excluding hydrogens is 297 g/mol. The molecule has 6 heteroatoms. The van der Waals surface area contributed by atoms with Gasteiger partial charge in [0.25, 0.3) is 0 Å². The second kappa shape index (κ2) is 8.38. The van der Waals surface area contributed by atoms with Gasteiger partial charge in [0.2, 0.25) is 5.91 Å². The number of aliphatic hydroxyl groups is 1. The number of hydrogen-bond acceptors (Lipinski definition) is 4. The van der Waals surface area contributed by atoms with Crippen LogP contribution in [-0.4, -0.2) is 48.2 Å². The minimum atomic E-state index is -0.592. The summed E-state index contributed by atoms with van der Waals surface area (Å²) in [7, 11) is 0. The van der Waals surface area contributed by atoms with Crippen LogP contribution in [0.4, 0.5) is 4.39 Å². The van der Waals surface area contributed by atoms with E-state index in [4.69, 9.17) is 5.73 Å². The fraction of sp³-hybridized carbons (Fsp3) is 0.588. The minimum Gasteiger partial charge on any atom is -0.392 e. The number of nitrogens with two attached hydrogens (primary N) is 1. The van der Waals surface area contributed by atoms with E-state index in [9.17, 15) is 14.3 Å². The first-order valence-electron chi connectivity index (χ1n) is 8.14. The molecule has 1 fully saturated rings. The molecule has 1 saturated heterocycles. The molecule has 0 aromatic heterocycles. The number of carbonyl (C=O) groups is 1. The predicted molar refractivity (Wildman–Crippen MR) is 87.2 cm³/mol. The second-order valence-electron chi connectivity index (χ2n) is 6.39. The first-order chi connectivity index (χ1) is 11.0. The topological polar surface area (TPSA) is 78.6 Å². The van der Waals surface area contributed by atoms with Crippen LogP contribution in [0.2, 0.25) is 0 Å². The Balaban J connectivity index is 1.83. The van der Waals surface area contributed by atoms with Gasteiger partial charge < -0.3 is 21.1 Å². The third kappa shape index (κ3) is 5.57. The van der Waals surface area contributed by atoms with Gasteiger partial charge in [-0.05, 0) is 63.0 Å². The molecular formula is C17H26FN3O2. The van der Waals surface area contributed by atoms with Crippen molar-refractivity contribution in [3.63, 3.8) is 0 Å². The molecule has 1 heterocycles. The van der Waals surface area contributed by atoms with Crippen LogP contribution in [0.1, 0.15) is 31.4 Å². The summed E-state index contributed by atoms with van der Waals surface area (Å²) in [6.07, 6.45) is 1.74. The van der Waals surface area contributed by atoms with Crippen LogP contribution >= 0.6 is 0 Å². The zero-order valence-electron chi connectivity index (χ0n) is 13.5. The van der Waals surface area contributed by atoms with Gasteiger partial charge >= 0.3 is 0 Å². The van der Waals surface area contributed by atoms with Crippen LogP contribution in [0.5, 0.6) is 0 Å². The van der Waals surface area contributed by atoms with E-state index in [-0.39, 0.29) is 11.9 Å². The maximum atomic E-state index is 13.0. The van der Waals surface area contributed by atoms with Crippen molar-refractivity contribution in [2.75, 3.05) is 26.2 Å². The van der Waals surface area contributed by atoms with Crippen LogP contribution in [0, 0.1) is 11.7 Å². The van der Waals surface area contributed by atoms with Gasteiger partial charge in [0.05, 0.1) is 6.10 Å². The van der Waals surface area contributed by atoms with Gasteiger partial charge in [-0.15, -0.1) is 0 Å². The maximum Gasteiger partial charge on any atom is 0.239 e. The molecule has 1 aromatic rings. The molecule has 1 aliphatic rings. The number of benzene rings is 1. The molecule has 0 unspecified atom stereocenters. The number of likely N-dealkylation sites (tertiary alicyclic amines) is 1. The zero-order valence-corrected chi connectivity index (χ0v) is 13.5. The van der Waals surface area contributed by atoms with E-state index < -0.39 is 11.9 Å². The van der Waals surface area contributed by atoms with Crippen LogP contribution in [-0.2, 0) is 4.79 Å². The summed E-state index contributed by atoms with van der Waals surface area (Å²) in [5, 5.41) is 12.6. The number of amides is 1. The number of nitrogens with zero attached hydrogens (tertiary/aromatic N) is 1. The van der Waals surface area contributed by atoms with Gasteiger partial charge in [0, 0.05) is 6.54 Å². The lowest BCUT2D eigenvalue weighted by molar-refractivity contribution is -0.120. The molecule has 1 amide bonds. The maximum absolute atomic E-state index is 13.0. The van der Waals surface area contributed by atoms with Gasteiger partial charge in [-0.1, -0.05) is 12.1 Å². The molecule has 0 aliphatic carbocycles. The zero-order chi connectivity index (χ0) is 16.8. The molecule has 1 aliphatic heterocycles. The van der Waals surface area contributed by atoms with E-state index >= 15 is 0 Å². The molecule has 2 atom stereocenters. The lowest BCUT2D eigenvalue weighted by Crippen LogP contribution is -2.42. The number of aliphatic hydroxyl groups excluding tert-OH is 1. The SMILES string of the molecule is C[C@@H](O)CN1CCC(CN[C@H](C(N)=O)c2ccc(F)cc2)CC1. The minimum absolute atomic E-state index is 0.303. The Morgan fingerprint density at radius 3 is 2.52 bits per heavy atom. The van der Waals surface area contributed by atoms with Gasteiger partial charge in [-0.25, -0.2) is 4.39 Å². The van der Waals surface area contributed by atoms with Crippen LogP contribution < -0.4 is 11.1 Å². The number of hydrogen-bond donors (Lipinski definition) is 3. The summed E-state index contributed by atoms with van der Waals surface area (Å²) in [6.45, 7) is 5.12. The van der Waals surface area contributed by atoms with Gasteiger partial charge in [-0.3, -0.25) is 4.79 Å². The third-order valence-corrected chi connectivity index (χ3v) is 4.33. The average Bonchev–Trinajstić information content (AvgIpc) is 2.50. The Labute approximate surface area is 136 Å². The van der Waals surface area contributed by atoms with Crippen LogP contribution in [0.3, 0.4) is 0 Å². The van der Waals surface area contributed by atoms with Crippen LogP contribution in [0.25, 0.3) is 0 Å². The molecule has 0 saturated carbocycles. The molecule has 2 rings (SSSR count). The molecule has 23 heavy (non-hydrogen) atoms. The Bertz CT molecular complexity index is 499. The highest BCUT2D eigenvalue weighted by Gasteiger charge is 2.23. The monoisotopic (exact) mass is 323 g/mol. The summed E-state index contributed by atoms with van der Waals surface area (Å²) >= 11 is 0. The Morgan fingerprint density at radius 2 is 2.00 bits per heavy atom. The number of primary amides is 1. The Kier molecular flexibility index (Phi) is 6.50. The van der Waals surface area contributed by atoms with Crippen molar-refractivity contribution in [2.45, 2.75) is 31.9 Å². The normalized spacial score (nSPS) is 19.4. The number of carbonyl (C=O) groups excluding carboxylic acids is 1. The second-order valence-corrected chi connectivity index (χ2v) is 6.39. The molecule has 5 nitrogen and oxygen atoms in total. The van der Waals surface area contributed by atoms with Crippen molar-refractivity contribution in [3.05, 3.63) is 35.6 Å². The van der Waals surface area contributed by atoms with E-state index in [0.29, 0.717) is 24.6 Å². The number of nitrogens with one attached hydrogen (secondary N) is 1. The van der Waals surface area contributed by atoms with Crippen molar-refractivity contribution in [3.8, 4) is 0 Å². The summed E-state index contributed by atoms with van der Waals surface area (Å²) in [6, 6.07) is 5.25. The van der Waals surface area contributed by atoms with Crippen molar-refractivity contribution < 1.29 is 14.3 Å². The largest absolute Gasteiger partial charge is 0.392 e. The smallest absolute Gasteiger partial charge is 0.239 e. The highest BCUT2D eigenvalue weighted by Crippen LogP contribution is 2.19. The van der Waals surface area contributed by atoms with E-state index in [1.54, 1.807) is 19.1 Å². The summed E-state index contributed by atoms with van der Waals surface area (Å²) < 4.78 is 13.0. The van der Waals surface area contributed by atoms with E-state index in [1.807, 2.05) is 0 Å². The predicted octanol–water partition coefficient (Wildman–Crippen LogP) is 1.03. The number of rotatable bonds is 7. The standard InChI is InChI=1S/C17H26FN3O2/c1-12(22)11-21-8-6-13(7-9-21)10-20-16(17(19)23)14-2-4-15(18)5-3-14/h2-5,12-13,16,20,22H,6-11H2,1H3,(H2,19,23)/t12-,16+/m1/s1. The number of piperidine rings is 1. The Morgan fingerprint density at radius 1 is 1.39 bits per heavy atom. The van der Waals surface area contributed by atoms with Crippen molar-refractivity contribution in [1.29, 1.82) is 0 Å². The fourth-order valence-electron chi connectivity index (χ4n) is 3.07. The van der Waals surface area contributed by atoms with Gasteiger partial charge in [0.15, 0.2) is 0 Å².